The molecule has 25 heavy (non-hydrogen) atoms. The van der Waals surface area contributed by atoms with Gasteiger partial charge in [0.1, 0.15) is 0 Å². The van der Waals surface area contributed by atoms with Crippen molar-refractivity contribution in [2.24, 2.45) is 0 Å². The zero-order chi connectivity index (χ0) is 18.2. The lowest BCUT2D eigenvalue weighted by Gasteiger charge is -2.16. The molecule has 4 N–H and O–H groups in total. The van der Waals surface area contributed by atoms with Gasteiger partial charge < -0.3 is 21.3 Å². The molecule has 6 nitrogen and oxygen atoms in total. The maximum Gasteiger partial charge on any atom is 0.319 e. The third-order valence-electron chi connectivity index (χ3n) is 3.11. The van der Waals surface area contributed by atoms with E-state index in [1.807, 2.05) is 0 Å². The summed E-state index contributed by atoms with van der Waals surface area (Å²) in [4.78, 5) is 23.7. The molecule has 0 aliphatic carbocycles. The summed E-state index contributed by atoms with van der Waals surface area (Å²) >= 11 is 11.7. The Morgan fingerprint density at radius 2 is 1.44 bits per heavy atom. The van der Waals surface area contributed by atoms with Crippen LogP contribution in [-0.4, -0.2) is 24.6 Å². The fourth-order valence-corrected chi connectivity index (χ4v) is 2.38. The Kier molecular flexibility index (Phi) is 6.91. The number of halogens is 2. The fourth-order valence-electron chi connectivity index (χ4n) is 2.00. The molecule has 4 amide bonds. The van der Waals surface area contributed by atoms with Gasteiger partial charge in [-0.05, 0) is 43.3 Å². The minimum Gasteiger partial charge on any atom is -0.336 e. The molecule has 132 valence electrons. The molecule has 0 radical (unpaired) electrons. The monoisotopic (exact) mass is 380 g/mol. The van der Waals surface area contributed by atoms with E-state index in [9.17, 15) is 9.59 Å². The number of rotatable bonds is 5. The van der Waals surface area contributed by atoms with Gasteiger partial charge in [-0.25, -0.2) is 9.59 Å². The first-order chi connectivity index (χ1) is 11.9. The first kappa shape index (κ1) is 18.9. The lowest BCUT2D eigenvalue weighted by Crippen LogP contribution is -2.44. The van der Waals surface area contributed by atoms with E-state index in [-0.39, 0.29) is 24.6 Å². The quantitative estimate of drug-likeness (QED) is 0.622. The summed E-state index contributed by atoms with van der Waals surface area (Å²) in [7, 11) is 0. The third kappa shape index (κ3) is 6.91. The van der Waals surface area contributed by atoms with Crippen LogP contribution < -0.4 is 21.3 Å². The van der Waals surface area contributed by atoms with Gasteiger partial charge in [0, 0.05) is 34.0 Å². The van der Waals surface area contributed by atoms with Crippen LogP contribution in [0.5, 0.6) is 0 Å². The number of anilines is 2. The van der Waals surface area contributed by atoms with E-state index in [1.54, 1.807) is 55.5 Å². The first-order valence-corrected chi connectivity index (χ1v) is 8.31. The molecule has 0 heterocycles. The van der Waals surface area contributed by atoms with Crippen molar-refractivity contribution in [1.29, 1.82) is 0 Å². The molecule has 0 unspecified atom stereocenters. The zero-order valence-corrected chi connectivity index (χ0v) is 15.0. The number of hydrogen-bond acceptors (Lipinski definition) is 2. The molecule has 0 aliphatic rings. The number of carbonyl (C=O) groups excluding carboxylic acids is 2. The van der Waals surface area contributed by atoms with Crippen molar-refractivity contribution in [3.8, 4) is 0 Å². The summed E-state index contributed by atoms with van der Waals surface area (Å²) in [6, 6.07) is 12.6. The van der Waals surface area contributed by atoms with Gasteiger partial charge in [0.25, 0.3) is 0 Å². The molecule has 0 fully saturated rings. The van der Waals surface area contributed by atoms with E-state index in [0.29, 0.717) is 21.4 Å². The Morgan fingerprint density at radius 3 is 1.96 bits per heavy atom. The highest BCUT2D eigenvalue weighted by Gasteiger charge is 2.09. The predicted octanol–water partition coefficient (Wildman–Crippen LogP) is 4.33. The lowest BCUT2D eigenvalue weighted by atomic mass is 10.3. The van der Waals surface area contributed by atoms with Gasteiger partial charge in [-0.3, -0.25) is 0 Å². The highest BCUT2D eigenvalue weighted by atomic mass is 35.5. The second kappa shape index (κ2) is 9.15. The number of amides is 4. The van der Waals surface area contributed by atoms with Gasteiger partial charge in [-0.2, -0.15) is 0 Å². The molecule has 2 aromatic carbocycles. The Balaban J connectivity index is 1.73. The largest absolute Gasteiger partial charge is 0.336 e. The highest BCUT2D eigenvalue weighted by Crippen LogP contribution is 2.15. The van der Waals surface area contributed by atoms with Gasteiger partial charge in [0.15, 0.2) is 0 Å². The molecular weight excluding hydrogens is 363 g/mol. The smallest absolute Gasteiger partial charge is 0.319 e. The molecule has 0 aromatic heterocycles. The van der Waals surface area contributed by atoms with Crippen molar-refractivity contribution in [3.63, 3.8) is 0 Å². The van der Waals surface area contributed by atoms with Crippen molar-refractivity contribution >= 4 is 46.6 Å². The van der Waals surface area contributed by atoms with Gasteiger partial charge in [0.05, 0.1) is 0 Å². The van der Waals surface area contributed by atoms with Crippen LogP contribution in [-0.2, 0) is 0 Å². The number of carbonyl (C=O) groups is 2. The van der Waals surface area contributed by atoms with Gasteiger partial charge in [-0.15, -0.1) is 0 Å². The van der Waals surface area contributed by atoms with Crippen LogP contribution in [0.25, 0.3) is 0 Å². The Bertz CT molecular complexity index is 755. The SMILES string of the molecule is C[C@H](CNC(=O)Nc1cccc(Cl)c1)NC(=O)Nc1cccc(Cl)c1. The molecule has 0 bridgehead atoms. The van der Waals surface area contributed by atoms with E-state index < -0.39 is 0 Å². The van der Waals surface area contributed by atoms with E-state index in [2.05, 4.69) is 21.3 Å². The molecule has 0 saturated carbocycles. The summed E-state index contributed by atoms with van der Waals surface area (Å²) < 4.78 is 0. The highest BCUT2D eigenvalue weighted by molar-refractivity contribution is 6.31. The van der Waals surface area contributed by atoms with Crippen LogP contribution in [0.2, 0.25) is 10.0 Å². The first-order valence-electron chi connectivity index (χ1n) is 7.56. The lowest BCUT2D eigenvalue weighted by molar-refractivity contribution is 0.244. The zero-order valence-electron chi connectivity index (χ0n) is 13.5. The van der Waals surface area contributed by atoms with Crippen molar-refractivity contribution in [2.45, 2.75) is 13.0 Å². The standard InChI is InChI=1S/C17H18Cl2N4O2/c1-11(21-17(25)23-15-7-3-5-13(19)9-15)10-20-16(24)22-14-6-2-4-12(18)8-14/h2-9,11H,10H2,1H3,(H2,20,22,24)(H2,21,23,25)/t11-/m1/s1. The van der Waals surface area contributed by atoms with Crippen LogP contribution in [0.3, 0.4) is 0 Å². The van der Waals surface area contributed by atoms with Crippen molar-refractivity contribution in [2.75, 3.05) is 17.2 Å². The van der Waals surface area contributed by atoms with Crippen molar-refractivity contribution < 1.29 is 9.59 Å². The summed E-state index contributed by atoms with van der Waals surface area (Å²) in [6.45, 7) is 2.03. The van der Waals surface area contributed by atoms with Gasteiger partial charge in [-0.1, -0.05) is 35.3 Å². The number of urea groups is 2. The van der Waals surface area contributed by atoms with Crippen LogP contribution >= 0.6 is 23.2 Å². The summed E-state index contributed by atoms with van der Waals surface area (Å²) in [6.07, 6.45) is 0. The van der Waals surface area contributed by atoms with Crippen LogP contribution in [0.1, 0.15) is 6.92 Å². The fraction of sp³-hybridized carbons (Fsp3) is 0.176. The third-order valence-corrected chi connectivity index (χ3v) is 3.58. The average Bonchev–Trinajstić information content (AvgIpc) is 2.53. The average molecular weight is 381 g/mol. The number of hydrogen-bond donors (Lipinski definition) is 4. The maximum atomic E-state index is 11.9. The van der Waals surface area contributed by atoms with E-state index in [4.69, 9.17) is 23.2 Å². The van der Waals surface area contributed by atoms with E-state index in [0.717, 1.165) is 0 Å². The Labute approximate surface area is 155 Å². The van der Waals surface area contributed by atoms with Crippen LogP contribution in [0, 0.1) is 0 Å². The molecule has 1 atom stereocenters. The maximum absolute atomic E-state index is 11.9. The summed E-state index contributed by atoms with van der Waals surface area (Å²) in [5, 5.41) is 11.8. The van der Waals surface area contributed by atoms with Crippen LogP contribution in [0.15, 0.2) is 48.5 Å². The van der Waals surface area contributed by atoms with Gasteiger partial charge >= 0.3 is 12.1 Å². The predicted molar refractivity (Wildman–Crippen MR) is 102 cm³/mol. The van der Waals surface area contributed by atoms with E-state index in [1.165, 1.54) is 0 Å². The molecule has 0 saturated heterocycles. The van der Waals surface area contributed by atoms with Crippen molar-refractivity contribution in [3.05, 3.63) is 58.6 Å². The minimum absolute atomic E-state index is 0.259. The van der Waals surface area contributed by atoms with Crippen LogP contribution in [0.4, 0.5) is 21.0 Å². The molecule has 0 spiro atoms. The molecule has 2 rings (SSSR count). The second-order valence-corrected chi connectivity index (χ2v) is 6.23. The number of nitrogens with one attached hydrogen (secondary N) is 4. The Hall–Kier alpha value is -2.44. The summed E-state index contributed by atoms with van der Waals surface area (Å²) in [5.41, 5.74) is 1.17. The Morgan fingerprint density at radius 1 is 0.920 bits per heavy atom. The normalized spacial score (nSPS) is 11.3. The number of benzene rings is 2. The molecular formula is C17H18Cl2N4O2. The molecule has 2 aromatic rings. The van der Waals surface area contributed by atoms with Crippen molar-refractivity contribution in [1.82, 2.24) is 10.6 Å². The molecule has 8 heteroatoms. The topological polar surface area (TPSA) is 82.3 Å². The minimum atomic E-state index is -0.383. The second-order valence-electron chi connectivity index (χ2n) is 5.36. The summed E-state index contributed by atoms with van der Waals surface area (Å²) in [5.74, 6) is 0. The van der Waals surface area contributed by atoms with E-state index >= 15 is 0 Å². The van der Waals surface area contributed by atoms with Gasteiger partial charge in [0.2, 0.25) is 0 Å². The molecule has 0 aliphatic heterocycles.